The molecule has 0 fully saturated rings. The molecule has 0 aliphatic heterocycles. The van der Waals surface area contributed by atoms with Crippen LogP contribution in [-0.2, 0) is 0 Å². The van der Waals surface area contributed by atoms with Gasteiger partial charge in [-0.3, -0.25) is 5.32 Å². The largest absolute Gasteiger partial charge is 0.379 e. The molecule has 0 aliphatic rings. The molecule has 0 aromatic heterocycles. The van der Waals surface area contributed by atoms with Crippen LogP contribution in [0.1, 0.15) is 33.6 Å². The van der Waals surface area contributed by atoms with Crippen molar-refractivity contribution in [2.24, 2.45) is 0 Å². The fourth-order valence-corrected chi connectivity index (χ4v) is 1.20. The van der Waals surface area contributed by atoms with E-state index in [-0.39, 0.29) is 6.23 Å². The van der Waals surface area contributed by atoms with Crippen molar-refractivity contribution in [3.63, 3.8) is 0 Å². The third-order valence-corrected chi connectivity index (χ3v) is 1.87. The van der Waals surface area contributed by atoms with E-state index in [9.17, 15) is 5.11 Å². The minimum absolute atomic E-state index is 0.337. The molecule has 3 heteroatoms. The molecule has 2 atom stereocenters. The molecule has 0 aliphatic carbocycles. The minimum atomic E-state index is -0.337. The summed E-state index contributed by atoms with van der Waals surface area (Å²) in [7, 11) is 0. The molecule has 0 amide bonds. The first-order valence-electron chi connectivity index (χ1n) is 4.85. The van der Waals surface area contributed by atoms with Crippen molar-refractivity contribution in [3.05, 3.63) is 0 Å². The van der Waals surface area contributed by atoms with Crippen LogP contribution >= 0.6 is 0 Å². The molecule has 0 aromatic rings. The number of hydrogen-bond donors (Lipinski definition) is 3. The third-order valence-electron chi connectivity index (χ3n) is 1.87. The van der Waals surface area contributed by atoms with Gasteiger partial charge in [-0.1, -0.05) is 13.8 Å². The fourth-order valence-electron chi connectivity index (χ4n) is 1.20. The Morgan fingerprint density at radius 3 is 2.17 bits per heavy atom. The molecule has 0 heterocycles. The van der Waals surface area contributed by atoms with E-state index in [1.807, 2.05) is 6.92 Å². The highest BCUT2D eigenvalue weighted by Gasteiger charge is 2.04. The molecule has 0 rings (SSSR count). The van der Waals surface area contributed by atoms with Crippen LogP contribution in [0.15, 0.2) is 0 Å². The van der Waals surface area contributed by atoms with Crippen molar-refractivity contribution >= 4 is 0 Å². The van der Waals surface area contributed by atoms with Gasteiger partial charge in [0.2, 0.25) is 0 Å². The first-order valence-corrected chi connectivity index (χ1v) is 4.85. The SMILES string of the molecule is CCNC(C)CCC(O)NCC. The Kier molecular flexibility index (Phi) is 7.45. The van der Waals surface area contributed by atoms with E-state index in [4.69, 9.17) is 0 Å². The van der Waals surface area contributed by atoms with Crippen LogP contribution in [0.2, 0.25) is 0 Å². The van der Waals surface area contributed by atoms with Crippen LogP contribution in [0.25, 0.3) is 0 Å². The van der Waals surface area contributed by atoms with Gasteiger partial charge in [0.15, 0.2) is 0 Å². The molecule has 3 nitrogen and oxygen atoms in total. The Bertz CT molecular complexity index is 86.5. The van der Waals surface area contributed by atoms with E-state index in [1.165, 1.54) is 0 Å². The maximum atomic E-state index is 9.33. The Morgan fingerprint density at radius 2 is 1.67 bits per heavy atom. The van der Waals surface area contributed by atoms with Gasteiger partial charge in [-0.05, 0) is 32.9 Å². The average molecular weight is 174 g/mol. The first-order chi connectivity index (χ1) is 5.70. The van der Waals surface area contributed by atoms with Crippen LogP contribution in [-0.4, -0.2) is 30.5 Å². The summed E-state index contributed by atoms with van der Waals surface area (Å²) in [6.45, 7) is 8.06. The fraction of sp³-hybridized carbons (Fsp3) is 1.00. The molecule has 3 N–H and O–H groups in total. The van der Waals surface area contributed by atoms with Crippen molar-refractivity contribution in [3.8, 4) is 0 Å². The Hall–Kier alpha value is -0.120. The molecule has 0 bridgehead atoms. The second kappa shape index (κ2) is 7.53. The van der Waals surface area contributed by atoms with Crippen LogP contribution in [0, 0.1) is 0 Å². The predicted octanol–water partition coefficient (Wildman–Crippen LogP) is 0.692. The maximum absolute atomic E-state index is 9.33. The van der Waals surface area contributed by atoms with Crippen LogP contribution in [0.5, 0.6) is 0 Å². The molecule has 12 heavy (non-hydrogen) atoms. The average Bonchev–Trinajstić information content (AvgIpc) is 2.02. The number of aliphatic hydroxyl groups is 1. The Balaban J connectivity index is 3.27. The maximum Gasteiger partial charge on any atom is 0.104 e. The van der Waals surface area contributed by atoms with Crippen molar-refractivity contribution in [2.45, 2.75) is 45.9 Å². The van der Waals surface area contributed by atoms with Crippen molar-refractivity contribution in [1.82, 2.24) is 10.6 Å². The summed E-state index contributed by atoms with van der Waals surface area (Å²) in [5.41, 5.74) is 0. The van der Waals surface area contributed by atoms with Gasteiger partial charge in [0.25, 0.3) is 0 Å². The van der Waals surface area contributed by atoms with E-state index in [0.717, 1.165) is 25.9 Å². The summed E-state index contributed by atoms with van der Waals surface area (Å²) >= 11 is 0. The lowest BCUT2D eigenvalue weighted by atomic mass is 10.1. The van der Waals surface area contributed by atoms with Gasteiger partial charge >= 0.3 is 0 Å². The second-order valence-electron chi connectivity index (χ2n) is 3.11. The number of hydrogen-bond acceptors (Lipinski definition) is 3. The quantitative estimate of drug-likeness (QED) is 0.498. The number of aliphatic hydroxyl groups excluding tert-OH is 1. The summed E-state index contributed by atoms with van der Waals surface area (Å²) in [6.07, 6.45) is 1.50. The predicted molar refractivity (Wildman–Crippen MR) is 52.1 cm³/mol. The van der Waals surface area contributed by atoms with Crippen LogP contribution in [0.3, 0.4) is 0 Å². The van der Waals surface area contributed by atoms with E-state index < -0.39 is 0 Å². The third kappa shape index (κ3) is 6.58. The molecule has 0 radical (unpaired) electrons. The van der Waals surface area contributed by atoms with Gasteiger partial charge in [-0.15, -0.1) is 0 Å². The summed E-state index contributed by atoms with van der Waals surface area (Å²) in [5.74, 6) is 0. The monoisotopic (exact) mass is 174 g/mol. The van der Waals surface area contributed by atoms with E-state index >= 15 is 0 Å². The zero-order valence-corrected chi connectivity index (χ0v) is 8.43. The highest BCUT2D eigenvalue weighted by Crippen LogP contribution is 1.98. The van der Waals surface area contributed by atoms with E-state index in [0.29, 0.717) is 6.04 Å². The van der Waals surface area contributed by atoms with Gasteiger partial charge in [0.1, 0.15) is 6.23 Å². The topological polar surface area (TPSA) is 44.3 Å². The highest BCUT2D eigenvalue weighted by molar-refractivity contribution is 4.61. The van der Waals surface area contributed by atoms with Crippen molar-refractivity contribution in [1.29, 1.82) is 0 Å². The standard InChI is InChI=1S/C9H22N2O/c1-4-10-8(3)6-7-9(12)11-5-2/h8-12H,4-7H2,1-3H3. The van der Waals surface area contributed by atoms with Crippen LogP contribution < -0.4 is 10.6 Å². The molecule has 0 aromatic carbocycles. The smallest absolute Gasteiger partial charge is 0.104 e. The zero-order valence-electron chi connectivity index (χ0n) is 8.43. The van der Waals surface area contributed by atoms with Crippen molar-refractivity contribution in [2.75, 3.05) is 13.1 Å². The van der Waals surface area contributed by atoms with Crippen LogP contribution in [0.4, 0.5) is 0 Å². The lowest BCUT2D eigenvalue weighted by molar-refractivity contribution is 0.124. The Morgan fingerprint density at radius 1 is 1.08 bits per heavy atom. The lowest BCUT2D eigenvalue weighted by Gasteiger charge is -2.15. The van der Waals surface area contributed by atoms with E-state index in [1.54, 1.807) is 0 Å². The zero-order chi connectivity index (χ0) is 9.40. The van der Waals surface area contributed by atoms with Gasteiger partial charge in [-0.25, -0.2) is 0 Å². The number of rotatable bonds is 7. The number of nitrogens with one attached hydrogen (secondary N) is 2. The molecule has 0 saturated heterocycles. The van der Waals surface area contributed by atoms with Gasteiger partial charge in [0.05, 0.1) is 0 Å². The summed E-state index contributed by atoms with van der Waals surface area (Å²) in [4.78, 5) is 0. The summed E-state index contributed by atoms with van der Waals surface area (Å²) < 4.78 is 0. The Labute approximate surface area is 75.6 Å². The molecular weight excluding hydrogens is 152 g/mol. The minimum Gasteiger partial charge on any atom is -0.379 e. The summed E-state index contributed by atoms with van der Waals surface area (Å²) in [5, 5.41) is 15.6. The highest BCUT2D eigenvalue weighted by atomic mass is 16.3. The molecule has 74 valence electrons. The van der Waals surface area contributed by atoms with E-state index in [2.05, 4.69) is 24.5 Å². The normalized spacial score (nSPS) is 16.0. The molecule has 0 spiro atoms. The molecule has 2 unspecified atom stereocenters. The van der Waals surface area contributed by atoms with Gasteiger partial charge in [-0.2, -0.15) is 0 Å². The second-order valence-corrected chi connectivity index (χ2v) is 3.11. The van der Waals surface area contributed by atoms with Crippen molar-refractivity contribution < 1.29 is 5.11 Å². The molecular formula is C9H22N2O. The first kappa shape index (κ1) is 11.9. The summed E-state index contributed by atoms with van der Waals surface area (Å²) in [6, 6.07) is 0.503. The lowest BCUT2D eigenvalue weighted by Crippen LogP contribution is -2.32. The van der Waals surface area contributed by atoms with Gasteiger partial charge < -0.3 is 10.4 Å². The molecule has 0 saturated carbocycles. The van der Waals surface area contributed by atoms with Gasteiger partial charge in [0, 0.05) is 6.04 Å².